The van der Waals surface area contributed by atoms with Gasteiger partial charge in [0.1, 0.15) is 11.8 Å². The van der Waals surface area contributed by atoms with Crippen LogP contribution in [0.2, 0.25) is 0 Å². The van der Waals surface area contributed by atoms with Crippen LogP contribution in [0.15, 0.2) is 36.7 Å². The van der Waals surface area contributed by atoms with Crippen molar-refractivity contribution in [3.05, 3.63) is 53.6 Å². The van der Waals surface area contributed by atoms with Crippen LogP contribution >= 0.6 is 0 Å². The first-order chi connectivity index (χ1) is 9.19. The number of pyridine rings is 2. The molecule has 0 fully saturated rings. The summed E-state index contributed by atoms with van der Waals surface area (Å²) < 4.78 is 0. The van der Waals surface area contributed by atoms with Gasteiger partial charge in [-0.05, 0) is 24.3 Å². The molecule has 6 nitrogen and oxygen atoms in total. The number of anilines is 1. The summed E-state index contributed by atoms with van der Waals surface area (Å²) in [5.41, 5.74) is 1.85. The van der Waals surface area contributed by atoms with Crippen molar-refractivity contribution in [2.45, 2.75) is 6.54 Å². The Hall–Kier alpha value is -2.94. The third-order valence-electron chi connectivity index (χ3n) is 2.41. The van der Waals surface area contributed by atoms with E-state index in [1.54, 1.807) is 12.1 Å². The van der Waals surface area contributed by atoms with Crippen LogP contribution < -0.4 is 5.32 Å². The van der Waals surface area contributed by atoms with Gasteiger partial charge in [0.2, 0.25) is 0 Å². The monoisotopic (exact) mass is 254 g/mol. The molecule has 0 aliphatic heterocycles. The number of aromatic nitrogens is 2. The van der Waals surface area contributed by atoms with Crippen molar-refractivity contribution >= 4 is 11.7 Å². The number of nitrogens with one attached hydrogen (secondary N) is 1. The minimum Gasteiger partial charge on any atom is -0.478 e. The van der Waals surface area contributed by atoms with E-state index in [9.17, 15) is 4.79 Å². The van der Waals surface area contributed by atoms with Crippen LogP contribution in [-0.4, -0.2) is 21.0 Å². The highest BCUT2D eigenvalue weighted by atomic mass is 16.4. The molecule has 6 heteroatoms. The predicted molar refractivity (Wildman–Crippen MR) is 67.5 cm³/mol. The summed E-state index contributed by atoms with van der Waals surface area (Å²) >= 11 is 0. The molecule has 0 spiro atoms. The van der Waals surface area contributed by atoms with Gasteiger partial charge in [-0.1, -0.05) is 0 Å². The van der Waals surface area contributed by atoms with Gasteiger partial charge in [-0.2, -0.15) is 5.26 Å². The van der Waals surface area contributed by atoms with Crippen molar-refractivity contribution in [3.63, 3.8) is 0 Å². The van der Waals surface area contributed by atoms with E-state index >= 15 is 0 Å². The summed E-state index contributed by atoms with van der Waals surface area (Å²) in [6, 6.07) is 8.22. The predicted octanol–water partition coefficient (Wildman–Crippen LogP) is 1.66. The number of hydrogen-bond donors (Lipinski definition) is 2. The van der Waals surface area contributed by atoms with Gasteiger partial charge in [0, 0.05) is 18.1 Å². The Morgan fingerprint density at radius 1 is 1.32 bits per heavy atom. The standard InChI is InChI=1S/C13H10N4O2/c14-7-11-6-10(2-4-15-11)17-8-12-5-9(13(18)19)1-3-16-12/h1-6H,8H2,(H,15,17)(H,18,19). The molecule has 0 saturated heterocycles. The van der Waals surface area contributed by atoms with E-state index in [0.717, 1.165) is 5.69 Å². The Labute approximate surface area is 109 Å². The maximum Gasteiger partial charge on any atom is 0.335 e. The van der Waals surface area contributed by atoms with E-state index in [-0.39, 0.29) is 5.56 Å². The first kappa shape index (κ1) is 12.5. The van der Waals surface area contributed by atoms with E-state index in [4.69, 9.17) is 10.4 Å². The number of carboxylic acids is 1. The largest absolute Gasteiger partial charge is 0.478 e. The van der Waals surface area contributed by atoms with Gasteiger partial charge in [-0.3, -0.25) is 4.98 Å². The second kappa shape index (κ2) is 5.60. The zero-order valence-electron chi connectivity index (χ0n) is 9.87. The zero-order valence-corrected chi connectivity index (χ0v) is 9.87. The van der Waals surface area contributed by atoms with Crippen molar-refractivity contribution < 1.29 is 9.90 Å². The molecule has 2 N–H and O–H groups in total. The van der Waals surface area contributed by atoms with Crippen LogP contribution in [0.1, 0.15) is 21.7 Å². The lowest BCUT2D eigenvalue weighted by molar-refractivity contribution is 0.0696. The molecular formula is C13H10N4O2. The molecule has 2 heterocycles. The third kappa shape index (κ3) is 3.26. The van der Waals surface area contributed by atoms with Gasteiger partial charge in [0.25, 0.3) is 0 Å². The maximum absolute atomic E-state index is 10.8. The molecule has 0 unspecified atom stereocenters. The van der Waals surface area contributed by atoms with E-state index in [2.05, 4.69) is 15.3 Å². The lowest BCUT2D eigenvalue weighted by Gasteiger charge is -2.06. The van der Waals surface area contributed by atoms with Crippen LogP contribution in [0.4, 0.5) is 5.69 Å². The number of carbonyl (C=O) groups is 1. The molecule has 0 bridgehead atoms. The molecule has 0 aliphatic rings. The summed E-state index contributed by atoms with van der Waals surface area (Å²) in [5.74, 6) is -0.987. The Morgan fingerprint density at radius 3 is 2.84 bits per heavy atom. The van der Waals surface area contributed by atoms with E-state index in [0.29, 0.717) is 17.9 Å². The zero-order chi connectivity index (χ0) is 13.7. The number of nitriles is 1. The molecule has 0 aliphatic carbocycles. The Kier molecular flexibility index (Phi) is 3.69. The summed E-state index contributed by atoms with van der Waals surface area (Å²) in [6.45, 7) is 0.371. The first-order valence-corrected chi connectivity index (χ1v) is 5.47. The molecule has 0 atom stereocenters. The van der Waals surface area contributed by atoms with Crippen molar-refractivity contribution in [2.75, 3.05) is 5.32 Å². The molecule has 2 aromatic rings. The number of carboxylic acid groups (broad SMARTS) is 1. The third-order valence-corrected chi connectivity index (χ3v) is 2.41. The van der Waals surface area contributed by atoms with Crippen molar-refractivity contribution in [3.8, 4) is 6.07 Å². The number of aromatic carboxylic acids is 1. The van der Waals surface area contributed by atoms with Crippen LogP contribution in [0, 0.1) is 11.3 Å². The molecule has 94 valence electrons. The minimum atomic E-state index is -0.987. The van der Waals surface area contributed by atoms with Crippen LogP contribution in [-0.2, 0) is 6.54 Å². The summed E-state index contributed by atoms with van der Waals surface area (Å²) in [4.78, 5) is 18.7. The average Bonchev–Trinajstić information content (AvgIpc) is 2.45. The average molecular weight is 254 g/mol. The lowest BCUT2D eigenvalue weighted by Crippen LogP contribution is -2.04. The van der Waals surface area contributed by atoms with Crippen molar-refractivity contribution in [1.29, 1.82) is 5.26 Å². The Bertz CT molecular complexity index is 649. The highest BCUT2D eigenvalue weighted by molar-refractivity contribution is 5.87. The van der Waals surface area contributed by atoms with Crippen molar-refractivity contribution in [1.82, 2.24) is 9.97 Å². The van der Waals surface area contributed by atoms with Crippen LogP contribution in [0.3, 0.4) is 0 Å². The number of hydrogen-bond acceptors (Lipinski definition) is 5. The Morgan fingerprint density at radius 2 is 2.11 bits per heavy atom. The van der Waals surface area contributed by atoms with Crippen LogP contribution in [0.25, 0.3) is 0 Å². The Balaban J connectivity index is 2.08. The molecule has 0 radical (unpaired) electrons. The SMILES string of the molecule is N#Cc1cc(NCc2cc(C(=O)O)ccn2)ccn1. The number of nitrogens with zero attached hydrogens (tertiary/aromatic N) is 3. The van der Waals surface area contributed by atoms with Gasteiger partial charge in [0.05, 0.1) is 17.8 Å². The highest BCUT2D eigenvalue weighted by Gasteiger charge is 2.04. The molecule has 0 saturated carbocycles. The van der Waals surface area contributed by atoms with Gasteiger partial charge in [0.15, 0.2) is 0 Å². The van der Waals surface area contributed by atoms with Gasteiger partial charge in [-0.25, -0.2) is 9.78 Å². The van der Waals surface area contributed by atoms with E-state index < -0.39 is 5.97 Å². The molecule has 2 rings (SSSR count). The smallest absolute Gasteiger partial charge is 0.335 e. The number of rotatable bonds is 4. The lowest BCUT2D eigenvalue weighted by atomic mass is 10.2. The van der Waals surface area contributed by atoms with Gasteiger partial charge >= 0.3 is 5.97 Å². The molecule has 19 heavy (non-hydrogen) atoms. The van der Waals surface area contributed by atoms with Crippen molar-refractivity contribution in [2.24, 2.45) is 0 Å². The summed E-state index contributed by atoms with van der Waals surface area (Å²) in [5, 5.41) is 20.7. The quantitative estimate of drug-likeness (QED) is 0.860. The van der Waals surface area contributed by atoms with Crippen LogP contribution in [0.5, 0.6) is 0 Å². The molecule has 0 aromatic carbocycles. The fourth-order valence-electron chi connectivity index (χ4n) is 1.50. The van der Waals surface area contributed by atoms with Gasteiger partial charge in [-0.15, -0.1) is 0 Å². The fraction of sp³-hybridized carbons (Fsp3) is 0.0769. The molecule has 0 amide bonds. The molecular weight excluding hydrogens is 244 g/mol. The summed E-state index contributed by atoms with van der Waals surface area (Å²) in [7, 11) is 0. The molecule has 2 aromatic heterocycles. The van der Waals surface area contributed by atoms with E-state index in [1.165, 1.54) is 24.5 Å². The first-order valence-electron chi connectivity index (χ1n) is 5.47. The van der Waals surface area contributed by atoms with E-state index in [1.807, 2.05) is 6.07 Å². The maximum atomic E-state index is 10.8. The normalized spacial score (nSPS) is 9.63. The van der Waals surface area contributed by atoms with Gasteiger partial charge < -0.3 is 10.4 Å². The fourth-order valence-corrected chi connectivity index (χ4v) is 1.50. The second-order valence-electron chi connectivity index (χ2n) is 3.74. The highest BCUT2D eigenvalue weighted by Crippen LogP contribution is 2.09. The second-order valence-corrected chi connectivity index (χ2v) is 3.74. The minimum absolute atomic E-state index is 0.194. The topological polar surface area (TPSA) is 98.9 Å². The summed E-state index contributed by atoms with van der Waals surface area (Å²) in [6.07, 6.45) is 2.98.